The highest BCUT2D eigenvalue weighted by Crippen LogP contribution is 2.35. The van der Waals surface area contributed by atoms with Crippen molar-refractivity contribution >= 4 is 17.5 Å². The Morgan fingerprint density at radius 3 is 2.56 bits per heavy atom. The molecule has 6 nitrogen and oxygen atoms in total. The van der Waals surface area contributed by atoms with E-state index in [1.54, 1.807) is 13.0 Å². The first-order chi connectivity index (χ1) is 11.9. The van der Waals surface area contributed by atoms with Gasteiger partial charge in [0.25, 0.3) is 0 Å². The second-order valence-electron chi connectivity index (χ2n) is 5.87. The third-order valence-corrected chi connectivity index (χ3v) is 4.10. The number of ether oxygens (including phenoxy) is 1. The number of rotatable bonds is 5. The molecule has 2 aromatic rings. The van der Waals surface area contributed by atoms with Crippen molar-refractivity contribution in [3.05, 3.63) is 58.1 Å². The molecule has 0 amide bonds. The molecule has 0 atom stereocenters. The van der Waals surface area contributed by atoms with Crippen molar-refractivity contribution in [2.75, 3.05) is 6.61 Å². The van der Waals surface area contributed by atoms with Gasteiger partial charge in [-0.1, -0.05) is 12.1 Å². The summed E-state index contributed by atoms with van der Waals surface area (Å²) in [5.74, 6) is -1.44. The van der Waals surface area contributed by atoms with Gasteiger partial charge in [0.1, 0.15) is 11.5 Å². The van der Waals surface area contributed by atoms with E-state index in [1.807, 2.05) is 0 Å². The number of hydrogen-bond acceptors (Lipinski definition) is 5. The highest BCUT2D eigenvalue weighted by Gasteiger charge is 2.33. The van der Waals surface area contributed by atoms with E-state index in [0.29, 0.717) is 17.7 Å². The number of benzene rings is 2. The summed E-state index contributed by atoms with van der Waals surface area (Å²) in [5.41, 5.74) is 1.25. The lowest BCUT2D eigenvalue weighted by Crippen LogP contribution is -2.22. The first kappa shape index (κ1) is 16.7. The summed E-state index contributed by atoms with van der Waals surface area (Å²) < 4.78 is 5.52. The smallest absolute Gasteiger partial charge is 0.303 e. The number of aryl methyl sites for hydroxylation is 1. The molecular weight excluding hydrogens is 324 g/mol. The molecule has 1 aliphatic rings. The molecule has 0 radical (unpaired) electrons. The van der Waals surface area contributed by atoms with Crippen LogP contribution in [0.2, 0.25) is 0 Å². The molecule has 6 heteroatoms. The average Bonchev–Trinajstić information content (AvgIpc) is 2.55. The van der Waals surface area contributed by atoms with Crippen molar-refractivity contribution < 1.29 is 29.3 Å². The zero-order valence-corrected chi connectivity index (χ0v) is 13.5. The van der Waals surface area contributed by atoms with Crippen molar-refractivity contribution in [1.29, 1.82) is 0 Å². The Labute approximate surface area is 143 Å². The van der Waals surface area contributed by atoms with Crippen LogP contribution in [0.3, 0.4) is 0 Å². The molecule has 0 saturated carbocycles. The van der Waals surface area contributed by atoms with E-state index in [-0.39, 0.29) is 46.8 Å². The molecule has 0 aliphatic heterocycles. The minimum Gasteiger partial charge on any atom is -0.507 e. The van der Waals surface area contributed by atoms with Gasteiger partial charge in [-0.2, -0.15) is 0 Å². The highest BCUT2D eigenvalue weighted by atomic mass is 16.5. The number of hydrogen-bond donors (Lipinski definition) is 2. The van der Waals surface area contributed by atoms with Gasteiger partial charge in [0.2, 0.25) is 0 Å². The fourth-order valence-electron chi connectivity index (χ4n) is 2.97. The predicted octanol–water partition coefficient (Wildman–Crippen LogP) is 2.72. The van der Waals surface area contributed by atoms with E-state index in [1.165, 1.54) is 24.3 Å². The number of carbonyl (C=O) groups is 3. The van der Waals surface area contributed by atoms with Gasteiger partial charge < -0.3 is 14.9 Å². The van der Waals surface area contributed by atoms with Crippen molar-refractivity contribution in [3.63, 3.8) is 0 Å². The van der Waals surface area contributed by atoms with Crippen LogP contribution >= 0.6 is 0 Å². The predicted molar refractivity (Wildman–Crippen MR) is 88.5 cm³/mol. The van der Waals surface area contributed by atoms with Crippen LogP contribution in [-0.4, -0.2) is 34.4 Å². The Bertz CT molecular complexity index is 897. The summed E-state index contributed by atoms with van der Waals surface area (Å²) in [4.78, 5) is 36.0. The Morgan fingerprint density at radius 2 is 1.84 bits per heavy atom. The van der Waals surface area contributed by atoms with Crippen LogP contribution in [0.1, 0.15) is 50.2 Å². The monoisotopic (exact) mass is 340 g/mol. The summed E-state index contributed by atoms with van der Waals surface area (Å²) in [6.07, 6.45) is 0.336. The number of ketones is 2. The van der Waals surface area contributed by atoms with Crippen LogP contribution in [-0.2, 0) is 4.79 Å². The Morgan fingerprint density at radius 1 is 1.08 bits per heavy atom. The lowest BCUT2D eigenvalue weighted by Gasteiger charge is -2.21. The van der Waals surface area contributed by atoms with Crippen LogP contribution in [0.25, 0.3) is 0 Å². The number of carboxylic acids is 1. The standard InChI is InChI=1S/C19H16O6/c1-10-8-11(25-7-3-6-15(21)22)9-13-16(10)19(24)17-12(18(13)23)4-2-5-14(17)20/h2,4-5,8-9,20H,3,6-7H2,1H3,(H,21,22). The summed E-state index contributed by atoms with van der Waals surface area (Å²) in [7, 11) is 0. The fourth-order valence-corrected chi connectivity index (χ4v) is 2.97. The van der Waals surface area contributed by atoms with E-state index >= 15 is 0 Å². The van der Waals surface area contributed by atoms with E-state index < -0.39 is 11.8 Å². The number of carboxylic acid groups (broad SMARTS) is 1. The molecule has 25 heavy (non-hydrogen) atoms. The van der Waals surface area contributed by atoms with Crippen LogP contribution in [0.15, 0.2) is 30.3 Å². The molecule has 128 valence electrons. The van der Waals surface area contributed by atoms with E-state index in [0.717, 1.165) is 0 Å². The molecule has 3 rings (SSSR count). The van der Waals surface area contributed by atoms with Gasteiger partial charge >= 0.3 is 5.97 Å². The molecule has 0 unspecified atom stereocenters. The van der Waals surface area contributed by atoms with Crippen LogP contribution in [0.4, 0.5) is 0 Å². The summed E-state index contributed by atoms with van der Waals surface area (Å²) >= 11 is 0. The molecular formula is C19H16O6. The molecule has 0 fully saturated rings. The maximum atomic E-state index is 12.7. The number of aromatic hydroxyl groups is 1. The maximum Gasteiger partial charge on any atom is 0.303 e. The molecule has 1 aliphatic carbocycles. The minimum atomic E-state index is -0.901. The number of carbonyl (C=O) groups excluding carboxylic acids is 2. The molecule has 0 aromatic heterocycles. The normalized spacial score (nSPS) is 12.5. The Hall–Kier alpha value is -3.15. The van der Waals surface area contributed by atoms with Crippen molar-refractivity contribution in [2.45, 2.75) is 19.8 Å². The number of fused-ring (bicyclic) bond motifs is 2. The quantitative estimate of drug-likeness (QED) is 0.693. The van der Waals surface area contributed by atoms with Crippen LogP contribution in [0.5, 0.6) is 11.5 Å². The SMILES string of the molecule is Cc1cc(OCCCC(=O)O)cc2c1C(=O)c1c(O)cccc1C2=O. The molecule has 0 heterocycles. The second kappa shape index (κ2) is 6.39. The van der Waals surface area contributed by atoms with Gasteiger partial charge in [0, 0.05) is 23.1 Å². The molecule has 0 saturated heterocycles. The molecule has 0 bridgehead atoms. The zero-order chi connectivity index (χ0) is 18.1. The zero-order valence-electron chi connectivity index (χ0n) is 13.5. The highest BCUT2D eigenvalue weighted by molar-refractivity contribution is 6.29. The minimum absolute atomic E-state index is 0.00596. The Balaban J connectivity index is 1.95. The lowest BCUT2D eigenvalue weighted by atomic mass is 9.81. The van der Waals surface area contributed by atoms with Crippen LogP contribution in [0, 0.1) is 6.92 Å². The summed E-state index contributed by atoms with van der Waals surface area (Å²) in [6.45, 7) is 1.89. The van der Waals surface area contributed by atoms with Crippen molar-refractivity contribution in [1.82, 2.24) is 0 Å². The van der Waals surface area contributed by atoms with Crippen LogP contribution < -0.4 is 4.74 Å². The third-order valence-electron chi connectivity index (χ3n) is 4.10. The van der Waals surface area contributed by atoms with Gasteiger partial charge in [-0.05, 0) is 37.1 Å². The lowest BCUT2D eigenvalue weighted by molar-refractivity contribution is -0.137. The number of aliphatic carboxylic acids is 1. The Kier molecular flexibility index (Phi) is 4.27. The first-order valence-electron chi connectivity index (χ1n) is 7.80. The second-order valence-corrected chi connectivity index (χ2v) is 5.87. The van der Waals surface area contributed by atoms with Gasteiger partial charge in [0.15, 0.2) is 11.6 Å². The molecule has 0 spiro atoms. The number of phenols is 1. The fraction of sp³-hybridized carbons (Fsp3) is 0.211. The number of phenolic OH excluding ortho intramolecular Hbond substituents is 1. The van der Waals surface area contributed by atoms with Gasteiger partial charge in [-0.3, -0.25) is 14.4 Å². The van der Waals surface area contributed by atoms with Crippen molar-refractivity contribution in [3.8, 4) is 11.5 Å². The van der Waals surface area contributed by atoms with E-state index in [2.05, 4.69) is 0 Å². The largest absolute Gasteiger partial charge is 0.507 e. The summed E-state index contributed by atoms with van der Waals surface area (Å²) in [6, 6.07) is 7.54. The maximum absolute atomic E-state index is 12.7. The van der Waals surface area contributed by atoms with Gasteiger partial charge in [-0.25, -0.2) is 0 Å². The van der Waals surface area contributed by atoms with Crippen molar-refractivity contribution in [2.24, 2.45) is 0 Å². The van der Waals surface area contributed by atoms with Gasteiger partial charge in [0.05, 0.1) is 12.2 Å². The first-order valence-corrected chi connectivity index (χ1v) is 7.80. The molecule has 2 N–H and O–H groups in total. The average molecular weight is 340 g/mol. The van der Waals surface area contributed by atoms with Gasteiger partial charge in [-0.15, -0.1) is 0 Å². The third kappa shape index (κ3) is 2.98. The summed E-state index contributed by atoms with van der Waals surface area (Å²) in [5, 5.41) is 18.6. The molecule has 2 aromatic carbocycles. The topological polar surface area (TPSA) is 101 Å². The van der Waals surface area contributed by atoms with E-state index in [4.69, 9.17) is 9.84 Å². The van der Waals surface area contributed by atoms with E-state index in [9.17, 15) is 19.5 Å².